The summed E-state index contributed by atoms with van der Waals surface area (Å²) in [6, 6.07) is 4.05. The first kappa shape index (κ1) is 12.0. The van der Waals surface area contributed by atoms with Crippen molar-refractivity contribution in [2.75, 3.05) is 0 Å². The summed E-state index contributed by atoms with van der Waals surface area (Å²) in [6.45, 7) is 2.08. The number of aryl methyl sites for hydroxylation is 1. The fraction of sp³-hybridized carbons (Fsp3) is 0.412. The minimum absolute atomic E-state index is 0.288. The van der Waals surface area contributed by atoms with E-state index in [9.17, 15) is 0 Å². The van der Waals surface area contributed by atoms with Crippen LogP contribution in [0.25, 0.3) is 21.9 Å². The minimum Gasteiger partial charge on any atom is -0.464 e. The fourth-order valence-corrected chi connectivity index (χ4v) is 3.77. The molecule has 0 bridgehead atoms. The quantitative estimate of drug-likeness (QED) is 0.702. The van der Waals surface area contributed by atoms with E-state index in [4.69, 9.17) is 14.6 Å². The summed E-state index contributed by atoms with van der Waals surface area (Å²) < 4.78 is 11.5. The molecule has 0 amide bonds. The van der Waals surface area contributed by atoms with Crippen LogP contribution in [-0.4, -0.2) is 0 Å². The maximum Gasteiger partial charge on any atom is 0.140 e. The van der Waals surface area contributed by atoms with Crippen LogP contribution in [0.5, 0.6) is 0 Å². The van der Waals surface area contributed by atoms with E-state index in [2.05, 4.69) is 6.92 Å². The third-order valence-electron chi connectivity index (χ3n) is 4.82. The average Bonchev–Trinajstić information content (AvgIpc) is 3.08. The lowest BCUT2D eigenvalue weighted by atomic mass is 9.75. The second-order valence-electron chi connectivity index (χ2n) is 6.04. The van der Waals surface area contributed by atoms with Gasteiger partial charge in [-0.15, -0.1) is 0 Å². The molecular formula is C17H19NO2. The Morgan fingerprint density at radius 1 is 0.950 bits per heavy atom. The highest BCUT2D eigenvalue weighted by Crippen LogP contribution is 2.44. The Balaban J connectivity index is 2.11. The van der Waals surface area contributed by atoms with Gasteiger partial charge in [-0.3, -0.25) is 0 Å². The van der Waals surface area contributed by atoms with Crippen molar-refractivity contribution >= 4 is 21.9 Å². The van der Waals surface area contributed by atoms with Crippen LogP contribution in [0.4, 0.5) is 0 Å². The Labute approximate surface area is 117 Å². The first-order valence-corrected chi connectivity index (χ1v) is 7.37. The Hall–Kier alpha value is -1.74. The summed E-state index contributed by atoms with van der Waals surface area (Å²) in [6.07, 6.45) is 9.20. The molecule has 3 aromatic rings. The van der Waals surface area contributed by atoms with Crippen molar-refractivity contribution in [2.45, 2.75) is 44.6 Å². The van der Waals surface area contributed by atoms with E-state index in [-0.39, 0.29) is 5.54 Å². The Bertz CT molecular complexity index is 723. The maximum absolute atomic E-state index is 6.78. The molecule has 20 heavy (non-hydrogen) atoms. The van der Waals surface area contributed by atoms with Gasteiger partial charge in [0.25, 0.3) is 0 Å². The van der Waals surface area contributed by atoms with Crippen LogP contribution in [0.15, 0.2) is 33.5 Å². The van der Waals surface area contributed by atoms with Crippen molar-refractivity contribution in [2.24, 2.45) is 5.73 Å². The minimum atomic E-state index is -0.288. The predicted molar refractivity (Wildman–Crippen MR) is 79.7 cm³/mol. The largest absolute Gasteiger partial charge is 0.464 e. The average molecular weight is 269 g/mol. The van der Waals surface area contributed by atoms with Crippen molar-refractivity contribution in [1.29, 1.82) is 0 Å². The van der Waals surface area contributed by atoms with Gasteiger partial charge in [-0.1, -0.05) is 19.3 Å². The lowest BCUT2D eigenvalue weighted by molar-refractivity contribution is 0.304. The van der Waals surface area contributed by atoms with Gasteiger partial charge >= 0.3 is 0 Å². The van der Waals surface area contributed by atoms with Gasteiger partial charge in [-0.25, -0.2) is 0 Å². The van der Waals surface area contributed by atoms with Crippen molar-refractivity contribution < 1.29 is 8.83 Å². The normalized spacial score (nSPS) is 18.9. The summed E-state index contributed by atoms with van der Waals surface area (Å²) in [5.41, 5.74) is 10.7. The van der Waals surface area contributed by atoms with Crippen molar-refractivity contribution in [1.82, 2.24) is 0 Å². The zero-order chi connectivity index (χ0) is 13.7. The van der Waals surface area contributed by atoms with Crippen LogP contribution in [0.3, 0.4) is 0 Å². The van der Waals surface area contributed by atoms with E-state index < -0.39 is 0 Å². The molecule has 3 nitrogen and oxygen atoms in total. The highest BCUT2D eigenvalue weighted by Gasteiger charge is 2.35. The van der Waals surface area contributed by atoms with E-state index in [1.54, 1.807) is 12.5 Å². The predicted octanol–water partition coefficient (Wildman–Crippen LogP) is 4.61. The molecule has 1 aliphatic rings. The van der Waals surface area contributed by atoms with Crippen LogP contribution in [0, 0.1) is 6.92 Å². The Morgan fingerprint density at radius 2 is 1.60 bits per heavy atom. The zero-order valence-electron chi connectivity index (χ0n) is 11.7. The van der Waals surface area contributed by atoms with Gasteiger partial charge in [0.05, 0.1) is 12.5 Å². The van der Waals surface area contributed by atoms with E-state index in [1.165, 1.54) is 19.3 Å². The number of fused-ring (bicyclic) bond motifs is 2. The van der Waals surface area contributed by atoms with E-state index in [0.717, 1.165) is 45.9 Å². The number of benzene rings is 1. The van der Waals surface area contributed by atoms with Gasteiger partial charge in [0.15, 0.2) is 0 Å². The van der Waals surface area contributed by atoms with Crippen molar-refractivity contribution in [3.8, 4) is 0 Å². The summed E-state index contributed by atoms with van der Waals surface area (Å²) in [7, 11) is 0. The monoisotopic (exact) mass is 269 g/mol. The second kappa shape index (κ2) is 4.13. The summed E-state index contributed by atoms with van der Waals surface area (Å²) in [5.74, 6) is 0. The lowest BCUT2D eigenvalue weighted by Crippen LogP contribution is -2.38. The van der Waals surface area contributed by atoms with Gasteiger partial charge < -0.3 is 14.6 Å². The van der Waals surface area contributed by atoms with Crippen LogP contribution < -0.4 is 5.73 Å². The molecule has 2 N–H and O–H groups in total. The van der Waals surface area contributed by atoms with Crippen LogP contribution in [0.1, 0.15) is 43.2 Å². The van der Waals surface area contributed by atoms with E-state index in [0.29, 0.717) is 0 Å². The molecule has 0 unspecified atom stereocenters. The molecule has 4 rings (SSSR count). The number of hydrogen-bond donors (Lipinski definition) is 1. The maximum atomic E-state index is 6.78. The number of furan rings is 2. The molecule has 0 radical (unpaired) electrons. The van der Waals surface area contributed by atoms with Gasteiger partial charge in [0, 0.05) is 27.4 Å². The molecule has 3 heteroatoms. The topological polar surface area (TPSA) is 52.3 Å². The molecule has 2 heterocycles. The van der Waals surface area contributed by atoms with E-state index in [1.807, 2.05) is 12.1 Å². The smallest absolute Gasteiger partial charge is 0.140 e. The first-order valence-electron chi connectivity index (χ1n) is 7.37. The van der Waals surface area contributed by atoms with Gasteiger partial charge in [0.2, 0.25) is 0 Å². The molecule has 1 aliphatic carbocycles. The number of hydrogen-bond acceptors (Lipinski definition) is 3. The highest BCUT2D eigenvalue weighted by atomic mass is 16.3. The third kappa shape index (κ3) is 1.50. The molecule has 0 saturated heterocycles. The van der Waals surface area contributed by atoms with E-state index >= 15 is 0 Å². The molecule has 0 aliphatic heterocycles. The molecule has 1 aromatic carbocycles. The van der Waals surface area contributed by atoms with Gasteiger partial charge in [-0.2, -0.15) is 0 Å². The Morgan fingerprint density at radius 3 is 2.35 bits per heavy atom. The standard InChI is InChI=1S/C17H19NO2/c1-11-12-5-9-20-16(12)14(13-6-10-19-15(11)13)17(18)7-3-2-4-8-17/h5-6,9-10H,2-4,7-8,18H2,1H3. The molecule has 0 spiro atoms. The summed E-state index contributed by atoms with van der Waals surface area (Å²) in [5, 5.41) is 2.24. The Kier molecular flexibility index (Phi) is 2.48. The van der Waals surface area contributed by atoms with Crippen molar-refractivity contribution in [3.05, 3.63) is 35.8 Å². The molecule has 0 atom stereocenters. The summed E-state index contributed by atoms with van der Waals surface area (Å²) in [4.78, 5) is 0. The molecule has 1 fully saturated rings. The van der Waals surface area contributed by atoms with Crippen LogP contribution in [0.2, 0.25) is 0 Å². The third-order valence-corrected chi connectivity index (χ3v) is 4.82. The number of rotatable bonds is 1. The second-order valence-corrected chi connectivity index (χ2v) is 6.04. The first-order chi connectivity index (χ1) is 9.71. The molecular weight excluding hydrogens is 250 g/mol. The molecule has 2 aromatic heterocycles. The zero-order valence-corrected chi connectivity index (χ0v) is 11.7. The lowest BCUT2D eigenvalue weighted by Gasteiger charge is -2.34. The molecule has 1 saturated carbocycles. The van der Waals surface area contributed by atoms with Gasteiger partial charge in [-0.05, 0) is 31.9 Å². The highest BCUT2D eigenvalue weighted by molar-refractivity contribution is 6.02. The van der Waals surface area contributed by atoms with Gasteiger partial charge in [0.1, 0.15) is 11.2 Å². The fourth-order valence-electron chi connectivity index (χ4n) is 3.77. The van der Waals surface area contributed by atoms with Crippen LogP contribution >= 0.6 is 0 Å². The molecule has 104 valence electrons. The number of nitrogens with two attached hydrogens (primary N) is 1. The summed E-state index contributed by atoms with van der Waals surface area (Å²) >= 11 is 0. The SMILES string of the molecule is Cc1c2ccoc2c(C2(N)CCCCC2)c2ccoc12. The van der Waals surface area contributed by atoms with Crippen molar-refractivity contribution in [3.63, 3.8) is 0 Å². The van der Waals surface area contributed by atoms with Crippen LogP contribution in [-0.2, 0) is 5.54 Å².